The van der Waals surface area contributed by atoms with Gasteiger partial charge in [-0.05, 0) is 43.7 Å². The molecule has 0 spiro atoms. The van der Waals surface area contributed by atoms with Crippen LogP contribution in [0.25, 0.3) is 5.70 Å². The lowest BCUT2D eigenvalue weighted by Gasteiger charge is -2.33. The van der Waals surface area contributed by atoms with Gasteiger partial charge in [0.1, 0.15) is 11.9 Å². The number of methoxy groups -OCH3 is 1. The van der Waals surface area contributed by atoms with E-state index in [1.165, 1.54) is 5.56 Å². The van der Waals surface area contributed by atoms with Crippen molar-refractivity contribution >= 4 is 5.70 Å². The molecular formula is C26H28N2O3. The predicted molar refractivity (Wildman–Crippen MR) is 123 cm³/mol. The van der Waals surface area contributed by atoms with Gasteiger partial charge in [-0.1, -0.05) is 54.1 Å². The molecule has 1 aliphatic rings. The molecule has 3 aromatic rings. The topological polar surface area (TPSA) is 62.8 Å². The van der Waals surface area contributed by atoms with Crippen LogP contribution in [0.4, 0.5) is 0 Å². The summed E-state index contributed by atoms with van der Waals surface area (Å²) in [7, 11) is 1.67. The van der Waals surface area contributed by atoms with Gasteiger partial charge in [0.05, 0.1) is 19.8 Å². The summed E-state index contributed by atoms with van der Waals surface area (Å²) in [4.78, 5) is 0. The Kier molecular flexibility index (Phi) is 6.14. The largest absolute Gasteiger partial charge is 0.504 e. The molecule has 0 aliphatic carbocycles. The van der Waals surface area contributed by atoms with E-state index in [1.807, 2.05) is 43.3 Å². The van der Waals surface area contributed by atoms with E-state index in [0.29, 0.717) is 12.4 Å². The van der Waals surface area contributed by atoms with Crippen LogP contribution in [-0.2, 0) is 0 Å². The van der Waals surface area contributed by atoms with Gasteiger partial charge in [-0.25, -0.2) is 0 Å². The van der Waals surface area contributed by atoms with E-state index in [9.17, 15) is 5.11 Å². The van der Waals surface area contributed by atoms with Crippen LogP contribution in [0.15, 0.2) is 72.8 Å². The lowest BCUT2D eigenvalue weighted by atomic mass is 9.97. The van der Waals surface area contributed by atoms with E-state index < -0.39 is 0 Å². The minimum atomic E-state index is -0.214. The van der Waals surface area contributed by atoms with E-state index in [-0.39, 0.29) is 18.0 Å². The van der Waals surface area contributed by atoms with Crippen LogP contribution in [0.2, 0.25) is 0 Å². The second-order valence-electron chi connectivity index (χ2n) is 7.57. The van der Waals surface area contributed by atoms with Gasteiger partial charge < -0.3 is 19.9 Å². The molecule has 3 aromatic carbocycles. The first-order chi connectivity index (χ1) is 15.1. The lowest BCUT2D eigenvalue weighted by Crippen LogP contribution is -2.39. The van der Waals surface area contributed by atoms with E-state index in [1.54, 1.807) is 13.2 Å². The standard InChI is InChI=1S/C26H28N2O3/c1-4-31-24-10-6-9-21(25(24)29)23-16-22(19-7-5-8-20(15-19)30-3)27-26(28-23)18-13-11-17(2)12-14-18/h5-16,23,26-29H,4H2,1-3H3. The van der Waals surface area contributed by atoms with Gasteiger partial charge in [0, 0.05) is 16.8 Å². The quantitative estimate of drug-likeness (QED) is 0.523. The SMILES string of the molecule is CCOc1cccc(C2C=C(c3cccc(OC)c3)NC(c3ccc(C)cc3)N2)c1O. The van der Waals surface area contributed by atoms with E-state index in [0.717, 1.165) is 28.1 Å². The number of nitrogens with one attached hydrogen (secondary N) is 2. The number of ether oxygens (including phenoxy) is 2. The van der Waals surface area contributed by atoms with Crippen molar-refractivity contribution in [2.45, 2.75) is 26.1 Å². The van der Waals surface area contributed by atoms with Crippen LogP contribution >= 0.6 is 0 Å². The summed E-state index contributed by atoms with van der Waals surface area (Å²) in [6, 6.07) is 21.8. The van der Waals surface area contributed by atoms with Gasteiger partial charge in [-0.2, -0.15) is 0 Å². The van der Waals surface area contributed by atoms with Gasteiger partial charge in [0.2, 0.25) is 0 Å². The maximum Gasteiger partial charge on any atom is 0.162 e. The number of hydrogen-bond acceptors (Lipinski definition) is 5. The number of phenols is 1. The molecule has 2 unspecified atom stereocenters. The van der Waals surface area contributed by atoms with E-state index in [2.05, 4.69) is 47.9 Å². The van der Waals surface area contributed by atoms with Crippen LogP contribution in [0, 0.1) is 6.92 Å². The molecule has 3 N–H and O–H groups in total. The van der Waals surface area contributed by atoms with Crippen molar-refractivity contribution in [2.75, 3.05) is 13.7 Å². The fourth-order valence-corrected chi connectivity index (χ4v) is 3.79. The number of para-hydroxylation sites is 1. The Bertz CT molecular complexity index is 1080. The summed E-state index contributed by atoms with van der Waals surface area (Å²) in [6.45, 7) is 4.48. The molecule has 31 heavy (non-hydrogen) atoms. The van der Waals surface area contributed by atoms with Crippen LogP contribution < -0.4 is 20.1 Å². The highest BCUT2D eigenvalue weighted by Crippen LogP contribution is 2.38. The molecule has 0 radical (unpaired) electrons. The summed E-state index contributed by atoms with van der Waals surface area (Å²) in [5, 5.41) is 18.1. The highest BCUT2D eigenvalue weighted by Gasteiger charge is 2.26. The minimum Gasteiger partial charge on any atom is -0.504 e. The Labute approximate surface area is 183 Å². The molecule has 4 rings (SSSR count). The van der Waals surface area contributed by atoms with Crippen molar-refractivity contribution in [3.05, 3.63) is 95.1 Å². The predicted octanol–water partition coefficient (Wildman–Crippen LogP) is 5.08. The maximum absolute atomic E-state index is 10.9. The molecule has 160 valence electrons. The molecule has 0 amide bonds. The van der Waals surface area contributed by atoms with E-state index in [4.69, 9.17) is 9.47 Å². The van der Waals surface area contributed by atoms with E-state index >= 15 is 0 Å². The molecule has 5 nitrogen and oxygen atoms in total. The monoisotopic (exact) mass is 416 g/mol. The molecule has 0 bridgehead atoms. The minimum absolute atomic E-state index is 0.132. The zero-order valence-corrected chi connectivity index (χ0v) is 18.1. The Morgan fingerprint density at radius 2 is 1.77 bits per heavy atom. The molecule has 5 heteroatoms. The number of hydrogen-bond donors (Lipinski definition) is 3. The Hall–Kier alpha value is -3.44. The second kappa shape index (κ2) is 9.14. The van der Waals surface area contributed by atoms with Crippen LogP contribution in [0.3, 0.4) is 0 Å². The van der Waals surface area contributed by atoms with Gasteiger partial charge in [0.25, 0.3) is 0 Å². The van der Waals surface area contributed by atoms with Crippen molar-refractivity contribution in [3.8, 4) is 17.2 Å². The van der Waals surface area contributed by atoms with Gasteiger partial charge in [0.15, 0.2) is 11.5 Å². The van der Waals surface area contributed by atoms with Crippen molar-refractivity contribution < 1.29 is 14.6 Å². The number of rotatable bonds is 6. The first-order valence-corrected chi connectivity index (χ1v) is 10.5. The summed E-state index contributed by atoms with van der Waals surface area (Å²) >= 11 is 0. The number of aromatic hydroxyl groups is 1. The zero-order valence-electron chi connectivity index (χ0n) is 18.1. The summed E-state index contributed by atoms with van der Waals surface area (Å²) in [5.74, 6) is 1.44. The third kappa shape index (κ3) is 4.52. The molecular weight excluding hydrogens is 388 g/mol. The molecule has 0 fully saturated rings. The zero-order chi connectivity index (χ0) is 21.8. The number of phenolic OH excluding ortho intramolecular Hbond substituents is 1. The van der Waals surface area contributed by atoms with Gasteiger partial charge >= 0.3 is 0 Å². The van der Waals surface area contributed by atoms with Crippen LogP contribution in [-0.4, -0.2) is 18.8 Å². The fraction of sp³-hybridized carbons (Fsp3) is 0.231. The lowest BCUT2D eigenvalue weighted by molar-refractivity contribution is 0.314. The Balaban J connectivity index is 1.77. The summed E-state index contributed by atoms with van der Waals surface area (Å²) < 4.78 is 11.0. The third-order valence-electron chi connectivity index (χ3n) is 5.44. The van der Waals surface area contributed by atoms with Crippen molar-refractivity contribution in [1.82, 2.24) is 10.6 Å². The third-order valence-corrected chi connectivity index (χ3v) is 5.44. The van der Waals surface area contributed by atoms with Gasteiger partial charge in [-0.3, -0.25) is 5.32 Å². The molecule has 0 saturated heterocycles. The van der Waals surface area contributed by atoms with Crippen LogP contribution in [0.5, 0.6) is 17.2 Å². The molecule has 1 aliphatic heterocycles. The van der Waals surface area contributed by atoms with Crippen molar-refractivity contribution in [1.29, 1.82) is 0 Å². The average Bonchev–Trinajstić information content (AvgIpc) is 2.81. The smallest absolute Gasteiger partial charge is 0.162 e. The highest BCUT2D eigenvalue weighted by molar-refractivity contribution is 5.68. The first kappa shape index (κ1) is 20.8. The fourth-order valence-electron chi connectivity index (χ4n) is 3.79. The molecule has 1 heterocycles. The maximum atomic E-state index is 10.9. The number of benzene rings is 3. The molecule has 2 atom stereocenters. The molecule has 0 saturated carbocycles. The van der Waals surface area contributed by atoms with Crippen molar-refractivity contribution in [2.24, 2.45) is 0 Å². The number of aryl methyl sites for hydroxylation is 1. The first-order valence-electron chi connectivity index (χ1n) is 10.5. The van der Waals surface area contributed by atoms with Crippen molar-refractivity contribution in [3.63, 3.8) is 0 Å². The highest BCUT2D eigenvalue weighted by atomic mass is 16.5. The Morgan fingerprint density at radius 3 is 2.52 bits per heavy atom. The van der Waals surface area contributed by atoms with Crippen LogP contribution in [0.1, 0.15) is 41.4 Å². The second-order valence-corrected chi connectivity index (χ2v) is 7.57. The van der Waals surface area contributed by atoms with Gasteiger partial charge in [-0.15, -0.1) is 0 Å². The molecule has 0 aromatic heterocycles. The normalized spacial score (nSPS) is 18.1. The summed E-state index contributed by atoms with van der Waals surface area (Å²) in [5.41, 5.74) is 5.08. The summed E-state index contributed by atoms with van der Waals surface area (Å²) in [6.07, 6.45) is 1.96. The average molecular weight is 417 g/mol. The Morgan fingerprint density at radius 1 is 1.00 bits per heavy atom.